The summed E-state index contributed by atoms with van der Waals surface area (Å²) in [6.45, 7) is 3.63. The van der Waals surface area contributed by atoms with E-state index in [9.17, 15) is 9.50 Å². The molecule has 1 atom stereocenters. The van der Waals surface area contributed by atoms with Gasteiger partial charge in [0.1, 0.15) is 11.0 Å². The molecular weight excluding hydrogens is 267 g/mol. The van der Waals surface area contributed by atoms with E-state index in [-0.39, 0.29) is 5.82 Å². The molecule has 0 spiro atoms. The first-order valence-corrected chi connectivity index (χ1v) is 6.39. The Morgan fingerprint density at radius 1 is 1.37 bits per heavy atom. The summed E-state index contributed by atoms with van der Waals surface area (Å²) in [5.41, 5.74) is 2.90. The molecule has 0 aliphatic carbocycles. The maximum Gasteiger partial charge on any atom is 0.130 e. The standard InChI is InChI=1S/C14H16ClFN2O/c1-8-4-10(6-11(16)5-8)13(19)7-12-9(2)17-18(3)14(12)15/h4-6,13,19H,7H2,1-3H3. The highest BCUT2D eigenvalue weighted by atomic mass is 35.5. The Labute approximate surface area is 116 Å². The Balaban J connectivity index is 2.27. The summed E-state index contributed by atoms with van der Waals surface area (Å²) in [6, 6.07) is 4.54. The van der Waals surface area contributed by atoms with Gasteiger partial charge in [-0.25, -0.2) is 4.39 Å². The summed E-state index contributed by atoms with van der Waals surface area (Å²) in [5.74, 6) is -0.344. The minimum Gasteiger partial charge on any atom is -0.388 e. The van der Waals surface area contributed by atoms with Crippen molar-refractivity contribution in [1.29, 1.82) is 0 Å². The van der Waals surface area contributed by atoms with Crippen LogP contribution < -0.4 is 0 Å². The lowest BCUT2D eigenvalue weighted by Crippen LogP contribution is -2.04. The van der Waals surface area contributed by atoms with Crippen molar-refractivity contribution in [2.75, 3.05) is 0 Å². The molecule has 1 aromatic carbocycles. The predicted octanol–water partition coefficient (Wildman–Crippen LogP) is 3.11. The number of hydrogen-bond acceptors (Lipinski definition) is 2. The Bertz CT molecular complexity index is 589. The quantitative estimate of drug-likeness (QED) is 0.939. The molecule has 5 heteroatoms. The van der Waals surface area contributed by atoms with E-state index in [1.165, 1.54) is 12.1 Å². The lowest BCUT2D eigenvalue weighted by atomic mass is 10.0. The second kappa shape index (κ2) is 5.31. The van der Waals surface area contributed by atoms with E-state index in [1.807, 2.05) is 6.92 Å². The third kappa shape index (κ3) is 2.96. The van der Waals surface area contributed by atoms with Crippen LogP contribution in [-0.4, -0.2) is 14.9 Å². The Hall–Kier alpha value is -1.39. The van der Waals surface area contributed by atoms with Crippen LogP contribution in [0.5, 0.6) is 0 Å². The molecule has 19 heavy (non-hydrogen) atoms. The summed E-state index contributed by atoms with van der Waals surface area (Å²) in [6.07, 6.45) is -0.476. The van der Waals surface area contributed by atoms with Gasteiger partial charge in [-0.3, -0.25) is 4.68 Å². The van der Waals surface area contributed by atoms with Gasteiger partial charge in [0.2, 0.25) is 0 Å². The van der Waals surface area contributed by atoms with Crippen LogP contribution in [0.15, 0.2) is 18.2 Å². The van der Waals surface area contributed by atoms with Gasteiger partial charge >= 0.3 is 0 Å². The zero-order chi connectivity index (χ0) is 14.2. The molecule has 0 aliphatic heterocycles. The minimum absolute atomic E-state index is 0.321. The van der Waals surface area contributed by atoms with Crippen molar-refractivity contribution >= 4 is 11.6 Å². The van der Waals surface area contributed by atoms with Crippen LogP contribution in [0.25, 0.3) is 0 Å². The molecule has 0 saturated heterocycles. The third-order valence-electron chi connectivity index (χ3n) is 3.12. The number of aliphatic hydroxyl groups excluding tert-OH is 1. The van der Waals surface area contributed by atoms with Gasteiger partial charge in [0, 0.05) is 19.0 Å². The van der Waals surface area contributed by atoms with Crippen molar-refractivity contribution in [3.63, 3.8) is 0 Å². The fourth-order valence-electron chi connectivity index (χ4n) is 2.17. The van der Waals surface area contributed by atoms with Gasteiger partial charge in [-0.05, 0) is 37.1 Å². The molecule has 102 valence electrons. The summed E-state index contributed by atoms with van der Waals surface area (Å²) in [5, 5.41) is 14.9. The Kier molecular flexibility index (Phi) is 3.92. The van der Waals surface area contributed by atoms with E-state index < -0.39 is 6.10 Å². The highest BCUT2D eigenvalue weighted by molar-refractivity contribution is 6.30. The van der Waals surface area contributed by atoms with Crippen molar-refractivity contribution in [3.05, 3.63) is 51.6 Å². The number of nitrogens with zero attached hydrogens (tertiary/aromatic N) is 2. The van der Waals surface area contributed by atoms with Crippen molar-refractivity contribution in [2.24, 2.45) is 7.05 Å². The zero-order valence-electron chi connectivity index (χ0n) is 11.1. The van der Waals surface area contributed by atoms with E-state index in [2.05, 4.69) is 5.10 Å². The highest BCUT2D eigenvalue weighted by Crippen LogP contribution is 2.26. The second-order valence-electron chi connectivity index (χ2n) is 4.76. The van der Waals surface area contributed by atoms with Gasteiger partial charge < -0.3 is 5.11 Å². The number of aryl methyl sites for hydroxylation is 3. The van der Waals surface area contributed by atoms with E-state index in [0.29, 0.717) is 17.1 Å². The van der Waals surface area contributed by atoms with Gasteiger partial charge in [-0.2, -0.15) is 5.10 Å². The van der Waals surface area contributed by atoms with Gasteiger partial charge in [0.05, 0.1) is 11.8 Å². The van der Waals surface area contributed by atoms with Crippen molar-refractivity contribution in [2.45, 2.75) is 26.4 Å². The zero-order valence-corrected chi connectivity index (χ0v) is 11.9. The van der Waals surface area contributed by atoms with Crippen LogP contribution in [0.4, 0.5) is 4.39 Å². The molecule has 2 aromatic rings. The van der Waals surface area contributed by atoms with E-state index in [4.69, 9.17) is 11.6 Å². The van der Waals surface area contributed by atoms with Gasteiger partial charge in [0.25, 0.3) is 0 Å². The number of aromatic nitrogens is 2. The van der Waals surface area contributed by atoms with Crippen LogP contribution in [0, 0.1) is 19.7 Å². The van der Waals surface area contributed by atoms with Gasteiger partial charge in [0.15, 0.2) is 0 Å². The monoisotopic (exact) mass is 282 g/mol. The summed E-state index contributed by atoms with van der Waals surface area (Å²) in [7, 11) is 1.75. The number of aliphatic hydroxyl groups is 1. The maximum absolute atomic E-state index is 13.3. The average molecular weight is 283 g/mol. The highest BCUT2D eigenvalue weighted by Gasteiger charge is 2.17. The van der Waals surface area contributed by atoms with Crippen LogP contribution in [-0.2, 0) is 13.5 Å². The van der Waals surface area contributed by atoms with E-state index in [1.54, 1.807) is 24.7 Å². The molecule has 1 N–H and O–H groups in total. The number of hydrogen-bond donors (Lipinski definition) is 1. The molecule has 0 saturated carbocycles. The van der Waals surface area contributed by atoms with Crippen LogP contribution in [0.3, 0.4) is 0 Å². The van der Waals surface area contributed by atoms with Crippen molar-refractivity contribution in [1.82, 2.24) is 9.78 Å². The summed E-state index contributed by atoms with van der Waals surface area (Å²) < 4.78 is 14.9. The lowest BCUT2D eigenvalue weighted by Gasteiger charge is -2.12. The fourth-order valence-corrected chi connectivity index (χ4v) is 2.43. The first-order valence-electron chi connectivity index (χ1n) is 6.01. The molecule has 0 fully saturated rings. The first-order chi connectivity index (χ1) is 8.88. The number of halogens is 2. The third-order valence-corrected chi connectivity index (χ3v) is 3.59. The molecule has 1 unspecified atom stereocenters. The molecular formula is C14H16ClFN2O. The molecule has 3 nitrogen and oxygen atoms in total. The fraction of sp³-hybridized carbons (Fsp3) is 0.357. The average Bonchev–Trinajstić information content (AvgIpc) is 2.54. The Morgan fingerprint density at radius 3 is 2.58 bits per heavy atom. The van der Waals surface area contributed by atoms with Crippen LogP contribution in [0.2, 0.25) is 5.15 Å². The summed E-state index contributed by atoms with van der Waals surface area (Å²) >= 11 is 6.12. The molecule has 0 amide bonds. The number of rotatable bonds is 3. The largest absolute Gasteiger partial charge is 0.388 e. The van der Waals surface area contributed by atoms with Crippen LogP contribution >= 0.6 is 11.6 Å². The smallest absolute Gasteiger partial charge is 0.130 e. The van der Waals surface area contributed by atoms with Crippen molar-refractivity contribution < 1.29 is 9.50 Å². The SMILES string of the molecule is Cc1cc(F)cc(C(O)Cc2c(C)nn(C)c2Cl)c1. The lowest BCUT2D eigenvalue weighted by molar-refractivity contribution is 0.177. The molecule has 0 radical (unpaired) electrons. The molecule has 1 heterocycles. The second-order valence-corrected chi connectivity index (χ2v) is 5.12. The topological polar surface area (TPSA) is 38.1 Å². The Morgan fingerprint density at radius 2 is 2.05 bits per heavy atom. The normalized spacial score (nSPS) is 12.7. The molecule has 0 bridgehead atoms. The van der Waals surface area contributed by atoms with E-state index >= 15 is 0 Å². The maximum atomic E-state index is 13.3. The summed E-state index contributed by atoms with van der Waals surface area (Å²) in [4.78, 5) is 0. The van der Waals surface area contributed by atoms with Crippen LogP contribution in [0.1, 0.15) is 28.5 Å². The van der Waals surface area contributed by atoms with Crippen molar-refractivity contribution in [3.8, 4) is 0 Å². The molecule has 0 aliphatic rings. The minimum atomic E-state index is -0.796. The number of benzene rings is 1. The molecule has 2 rings (SSSR count). The van der Waals surface area contributed by atoms with E-state index in [0.717, 1.165) is 16.8 Å². The first kappa shape index (κ1) is 14.0. The predicted molar refractivity (Wildman–Crippen MR) is 72.8 cm³/mol. The molecule has 1 aromatic heterocycles. The van der Waals surface area contributed by atoms with Gasteiger partial charge in [-0.15, -0.1) is 0 Å². The van der Waals surface area contributed by atoms with Gasteiger partial charge in [-0.1, -0.05) is 17.7 Å².